The van der Waals surface area contributed by atoms with Crippen molar-refractivity contribution in [1.29, 1.82) is 0 Å². The fourth-order valence-corrected chi connectivity index (χ4v) is 6.00. The van der Waals surface area contributed by atoms with E-state index in [0.717, 1.165) is 21.9 Å². The zero-order chi connectivity index (χ0) is 29.3. The number of halogens is 1. The van der Waals surface area contributed by atoms with Crippen molar-refractivity contribution >= 4 is 43.5 Å². The highest BCUT2D eigenvalue weighted by atomic mass is 79.9. The molecule has 214 valence electrons. The first-order valence-electron chi connectivity index (χ1n) is 13.2. The van der Waals surface area contributed by atoms with Crippen LogP contribution in [0.4, 0.5) is 5.69 Å². The standard InChI is InChI=1S/C30H36BrN3O5S/c1-5-18-32-30(36)28(6-2)33(20-23-12-14-26(39-4)15-13-23)29(35)21-34(25-9-7-8-24(31)19-25)40(37,38)27-16-10-22(3)11-17-27/h7-17,19,28H,5-6,18,20-21H2,1-4H3,(H,32,36)/t28-/m0/s1. The fraction of sp³-hybridized carbons (Fsp3) is 0.333. The van der Waals surface area contributed by atoms with Gasteiger partial charge in [0.05, 0.1) is 17.7 Å². The molecule has 10 heteroatoms. The van der Waals surface area contributed by atoms with Gasteiger partial charge in [0.25, 0.3) is 10.0 Å². The second-order valence-corrected chi connectivity index (χ2v) is 12.2. The number of nitrogens with one attached hydrogen (secondary N) is 1. The number of ether oxygens (including phenoxy) is 1. The van der Waals surface area contributed by atoms with Crippen LogP contribution in [-0.4, -0.2) is 51.4 Å². The van der Waals surface area contributed by atoms with Crippen LogP contribution in [0.1, 0.15) is 37.8 Å². The fourth-order valence-electron chi connectivity index (χ4n) is 4.21. The summed E-state index contributed by atoms with van der Waals surface area (Å²) in [5, 5.41) is 2.89. The number of aryl methyl sites for hydroxylation is 1. The van der Waals surface area contributed by atoms with Crippen LogP contribution in [0.5, 0.6) is 5.75 Å². The Morgan fingerprint density at radius 1 is 1.00 bits per heavy atom. The molecule has 0 heterocycles. The molecule has 0 saturated heterocycles. The molecule has 3 rings (SSSR count). The van der Waals surface area contributed by atoms with Gasteiger partial charge in [-0.3, -0.25) is 13.9 Å². The van der Waals surface area contributed by atoms with Crippen LogP contribution in [0, 0.1) is 6.92 Å². The number of carbonyl (C=O) groups is 2. The highest BCUT2D eigenvalue weighted by Gasteiger charge is 2.33. The van der Waals surface area contributed by atoms with E-state index < -0.39 is 28.5 Å². The minimum atomic E-state index is -4.12. The highest BCUT2D eigenvalue weighted by molar-refractivity contribution is 9.10. The molecule has 1 N–H and O–H groups in total. The first-order valence-corrected chi connectivity index (χ1v) is 15.4. The molecule has 0 aliphatic rings. The second-order valence-electron chi connectivity index (χ2n) is 9.39. The molecular formula is C30H36BrN3O5S. The van der Waals surface area contributed by atoms with E-state index in [-0.39, 0.29) is 17.3 Å². The highest BCUT2D eigenvalue weighted by Crippen LogP contribution is 2.27. The normalized spacial score (nSPS) is 11.9. The Balaban J connectivity index is 2.04. The predicted octanol–water partition coefficient (Wildman–Crippen LogP) is 5.30. The van der Waals surface area contributed by atoms with Crippen LogP contribution in [-0.2, 0) is 26.2 Å². The number of benzene rings is 3. The Labute approximate surface area is 245 Å². The molecule has 0 fully saturated rings. The number of amides is 2. The molecule has 1 atom stereocenters. The van der Waals surface area contributed by atoms with Crippen molar-refractivity contribution in [2.24, 2.45) is 0 Å². The third-order valence-electron chi connectivity index (χ3n) is 6.43. The summed E-state index contributed by atoms with van der Waals surface area (Å²) in [4.78, 5) is 28.7. The molecule has 0 saturated carbocycles. The monoisotopic (exact) mass is 629 g/mol. The van der Waals surface area contributed by atoms with Gasteiger partial charge in [-0.2, -0.15) is 0 Å². The Kier molecular flexibility index (Phi) is 11.2. The van der Waals surface area contributed by atoms with Gasteiger partial charge in [0.1, 0.15) is 18.3 Å². The van der Waals surface area contributed by atoms with Gasteiger partial charge in [-0.15, -0.1) is 0 Å². The van der Waals surface area contributed by atoms with Crippen molar-refractivity contribution in [2.75, 3.05) is 24.5 Å². The van der Waals surface area contributed by atoms with Gasteiger partial charge in [-0.05, 0) is 67.8 Å². The molecule has 0 radical (unpaired) electrons. The van der Waals surface area contributed by atoms with Gasteiger partial charge in [0, 0.05) is 17.6 Å². The number of carbonyl (C=O) groups excluding carboxylic acids is 2. The summed E-state index contributed by atoms with van der Waals surface area (Å²) in [7, 11) is -2.55. The molecule has 0 unspecified atom stereocenters. The molecule has 2 amide bonds. The maximum absolute atomic E-state index is 14.1. The van der Waals surface area contributed by atoms with Crippen LogP contribution < -0.4 is 14.4 Å². The Morgan fingerprint density at radius 3 is 2.25 bits per heavy atom. The summed E-state index contributed by atoms with van der Waals surface area (Å²) in [6.07, 6.45) is 1.11. The van der Waals surface area contributed by atoms with E-state index in [4.69, 9.17) is 4.74 Å². The van der Waals surface area contributed by atoms with E-state index in [1.807, 2.05) is 32.9 Å². The second kappa shape index (κ2) is 14.3. The molecule has 0 spiro atoms. The van der Waals surface area contributed by atoms with Crippen molar-refractivity contribution < 1.29 is 22.7 Å². The van der Waals surface area contributed by atoms with Gasteiger partial charge in [0.2, 0.25) is 11.8 Å². The van der Waals surface area contributed by atoms with Gasteiger partial charge in [-0.25, -0.2) is 8.42 Å². The SMILES string of the molecule is CCCNC(=O)[C@H](CC)N(Cc1ccc(OC)cc1)C(=O)CN(c1cccc(Br)c1)S(=O)(=O)c1ccc(C)cc1. The number of sulfonamides is 1. The van der Waals surface area contributed by atoms with Crippen LogP contribution in [0.25, 0.3) is 0 Å². The molecule has 0 aromatic heterocycles. The summed E-state index contributed by atoms with van der Waals surface area (Å²) in [5.74, 6) is -0.106. The van der Waals surface area contributed by atoms with E-state index in [2.05, 4.69) is 21.2 Å². The summed E-state index contributed by atoms with van der Waals surface area (Å²) in [5.41, 5.74) is 2.03. The lowest BCUT2D eigenvalue weighted by molar-refractivity contribution is -0.140. The first-order chi connectivity index (χ1) is 19.1. The smallest absolute Gasteiger partial charge is 0.264 e. The van der Waals surface area contributed by atoms with Gasteiger partial charge >= 0.3 is 0 Å². The van der Waals surface area contributed by atoms with Crippen LogP contribution in [0.2, 0.25) is 0 Å². The van der Waals surface area contributed by atoms with Crippen molar-refractivity contribution in [1.82, 2.24) is 10.2 Å². The molecule has 3 aromatic rings. The largest absolute Gasteiger partial charge is 0.497 e. The van der Waals surface area contributed by atoms with E-state index in [1.54, 1.807) is 55.6 Å². The molecule has 40 heavy (non-hydrogen) atoms. The molecule has 0 aliphatic carbocycles. The summed E-state index contributed by atoms with van der Waals surface area (Å²) in [6.45, 7) is 5.77. The quantitative estimate of drug-likeness (QED) is 0.277. The minimum absolute atomic E-state index is 0.0697. The molecule has 0 bridgehead atoms. The first kappa shape index (κ1) is 31.2. The summed E-state index contributed by atoms with van der Waals surface area (Å²) < 4.78 is 34.8. The molecule has 8 nitrogen and oxygen atoms in total. The zero-order valence-corrected chi connectivity index (χ0v) is 25.7. The minimum Gasteiger partial charge on any atom is -0.497 e. The van der Waals surface area contributed by atoms with Crippen molar-refractivity contribution in [3.8, 4) is 5.75 Å². The average molecular weight is 631 g/mol. The number of anilines is 1. The van der Waals surface area contributed by atoms with E-state index >= 15 is 0 Å². The third kappa shape index (κ3) is 7.85. The lowest BCUT2D eigenvalue weighted by Crippen LogP contribution is -2.52. The summed E-state index contributed by atoms with van der Waals surface area (Å²) >= 11 is 3.41. The van der Waals surface area contributed by atoms with Crippen LogP contribution in [0.3, 0.4) is 0 Å². The molecule has 3 aromatic carbocycles. The molecular weight excluding hydrogens is 594 g/mol. The Hall–Kier alpha value is -3.37. The number of nitrogens with zero attached hydrogens (tertiary/aromatic N) is 2. The third-order valence-corrected chi connectivity index (χ3v) is 8.71. The van der Waals surface area contributed by atoms with Crippen molar-refractivity contribution in [3.63, 3.8) is 0 Å². The maximum Gasteiger partial charge on any atom is 0.264 e. The lowest BCUT2D eigenvalue weighted by atomic mass is 10.1. The lowest BCUT2D eigenvalue weighted by Gasteiger charge is -2.33. The molecule has 0 aliphatic heterocycles. The number of hydrogen-bond acceptors (Lipinski definition) is 5. The number of methoxy groups -OCH3 is 1. The van der Waals surface area contributed by atoms with Crippen LogP contribution in [0.15, 0.2) is 82.2 Å². The van der Waals surface area contributed by atoms with E-state index in [0.29, 0.717) is 28.9 Å². The average Bonchev–Trinajstić information content (AvgIpc) is 2.95. The van der Waals surface area contributed by atoms with Crippen molar-refractivity contribution in [2.45, 2.75) is 51.1 Å². The van der Waals surface area contributed by atoms with Crippen LogP contribution >= 0.6 is 15.9 Å². The van der Waals surface area contributed by atoms with Gasteiger partial charge in [0.15, 0.2) is 0 Å². The Bertz CT molecular complexity index is 1400. The van der Waals surface area contributed by atoms with E-state index in [9.17, 15) is 18.0 Å². The number of hydrogen-bond donors (Lipinski definition) is 1. The van der Waals surface area contributed by atoms with Gasteiger partial charge < -0.3 is 15.0 Å². The predicted molar refractivity (Wildman–Crippen MR) is 161 cm³/mol. The van der Waals surface area contributed by atoms with Gasteiger partial charge in [-0.1, -0.05) is 65.7 Å². The van der Waals surface area contributed by atoms with Crippen molar-refractivity contribution in [3.05, 3.63) is 88.4 Å². The van der Waals surface area contributed by atoms with E-state index in [1.165, 1.54) is 17.0 Å². The maximum atomic E-state index is 14.1. The zero-order valence-electron chi connectivity index (χ0n) is 23.3. The Morgan fingerprint density at radius 2 is 1.68 bits per heavy atom. The summed E-state index contributed by atoms with van der Waals surface area (Å²) in [6, 6.07) is 19.7. The topological polar surface area (TPSA) is 96.0 Å². The number of rotatable bonds is 13.